The minimum absolute atomic E-state index is 0.0650. The summed E-state index contributed by atoms with van der Waals surface area (Å²) in [5, 5.41) is 15.9. The fourth-order valence-corrected chi connectivity index (χ4v) is 6.20. The van der Waals surface area contributed by atoms with Gasteiger partial charge in [0.1, 0.15) is 47.5 Å². The third kappa shape index (κ3) is 10.5. The summed E-state index contributed by atoms with van der Waals surface area (Å²) in [7, 11) is -3.84. The first-order chi connectivity index (χ1) is 23.0. The van der Waals surface area contributed by atoms with Gasteiger partial charge in [-0.05, 0) is 64.3 Å². The second-order valence-electron chi connectivity index (χ2n) is 12.8. The molecule has 0 saturated carbocycles. The number of nitrogens with zero attached hydrogens (tertiary/aromatic N) is 2. The predicted octanol–water partition coefficient (Wildman–Crippen LogP) is 1.66. The number of esters is 2. The minimum Gasteiger partial charge on any atom is -0.460 e. The summed E-state index contributed by atoms with van der Waals surface area (Å²) in [5.41, 5.74) is -0.828. The summed E-state index contributed by atoms with van der Waals surface area (Å²) < 4.78 is 42.8. The highest BCUT2D eigenvalue weighted by Gasteiger charge is 2.45. The van der Waals surface area contributed by atoms with E-state index in [2.05, 4.69) is 10.0 Å². The van der Waals surface area contributed by atoms with Gasteiger partial charge >= 0.3 is 11.9 Å². The lowest BCUT2D eigenvalue weighted by Gasteiger charge is -2.43. The van der Waals surface area contributed by atoms with E-state index in [9.17, 15) is 37.5 Å². The molecule has 2 aliphatic rings. The van der Waals surface area contributed by atoms with Crippen LogP contribution in [0.1, 0.15) is 63.2 Å². The Labute approximate surface area is 284 Å². The van der Waals surface area contributed by atoms with Crippen LogP contribution in [0.15, 0.2) is 54.6 Å². The first kappa shape index (κ1) is 37.3. The molecule has 2 aliphatic heterocycles. The summed E-state index contributed by atoms with van der Waals surface area (Å²) >= 11 is 0. The predicted molar refractivity (Wildman–Crippen MR) is 174 cm³/mol. The van der Waals surface area contributed by atoms with E-state index in [1.54, 1.807) is 63.2 Å². The van der Waals surface area contributed by atoms with Crippen molar-refractivity contribution in [2.45, 2.75) is 82.7 Å². The molecule has 0 radical (unpaired) electrons. The lowest BCUT2D eigenvalue weighted by Crippen LogP contribution is -2.64. The molecule has 4 unspecified atom stereocenters. The van der Waals surface area contributed by atoms with E-state index in [-0.39, 0.29) is 37.1 Å². The summed E-state index contributed by atoms with van der Waals surface area (Å²) in [5.74, 6) is -2.99. The maximum Gasteiger partial charge on any atom is 0.342 e. The van der Waals surface area contributed by atoms with Crippen molar-refractivity contribution in [2.75, 3.05) is 19.4 Å². The number of ether oxygens (including phenoxy) is 3. The van der Waals surface area contributed by atoms with Crippen LogP contribution in [0.4, 0.5) is 0 Å². The highest BCUT2D eigenvalue weighted by molar-refractivity contribution is 7.88. The number of aliphatic hydroxyl groups is 1. The van der Waals surface area contributed by atoms with Gasteiger partial charge < -0.3 is 24.6 Å². The molecule has 2 aromatic rings. The third-order valence-corrected chi connectivity index (χ3v) is 8.30. The number of carbonyl (C=O) groups excluding carboxylic acids is 5. The molecule has 16 heteroatoms. The SMILES string of the molecule is CC(C)(C)OC(=O)CC(NC(=O)C1CCCN2C(=O)CCC(NS(C)(=O)=O)C(=O)N12)C(O)COC(=O)c1ccccc1Oc1ccccc1. The summed E-state index contributed by atoms with van der Waals surface area (Å²) in [6.45, 7) is 4.42. The Morgan fingerprint density at radius 3 is 2.37 bits per heavy atom. The first-order valence-electron chi connectivity index (χ1n) is 15.8. The van der Waals surface area contributed by atoms with E-state index >= 15 is 0 Å². The van der Waals surface area contributed by atoms with Crippen LogP contribution in [-0.2, 0) is 38.7 Å². The zero-order chi connectivity index (χ0) is 35.9. The molecule has 2 fully saturated rings. The van der Waals surface area contributed by atoms with Crippen LogP contribution >= 0.6 is 0 Å². The number of nitrogens with one attached hydrogen (secondary N) is 2. The van der Waals surface area contributed by atoms with Crippen molar-refractivity contribution in [3.05, 3.63) is 60.2 Å². The zero-order valence-corrected chi connectivity index (χ0v) is 28.6. The van der Waals surface area contributed by atoms with Crippen molar-refractivity contribution in [1.82, 2.24) is 20.1 Å². The number of carbonyl (C=O) groups is 5. The molecule has 3 amide bonds. The maximum atomic E-state index is 13.8. The highest BCUT2D eigenvalue weighted by atomic mass is 32.2. The lowest BCUT2D eigenvalue weighted by molar-refractivity contribution is -0.176. The van der Waals surface area contributed by atoms with Crippen molar-refractivity contribution in [3.63, 3.8) is 0 Å². The average Bonchev–Trinajstić information content (AvgIpc) is 3.14. The van der Waals surface area contributed by atoms with Gasteiger partial charge in [-0.15, -0.1) is 0 Å². The number of hydrogen-bond acceptors (Lipinski definition) is 11. The smallest absolute Gasteiger partial charge is 0.342 e. The molecule has 266 valence electrons. The third-order valence-electron chi connectivity index (χ3n) is 7.58. The second-order valence-corrected chi connectivity index (χ2v) is 14.6. The summed E-state index contributed by atoms with van der Waals surface area (Å²) in [6, 6.07) is 11.2. The summed E-state index contributed by atoms with van der Waals surface area (Å²) in [6.07, 6.45) is -1.05. The fraction of sp³-hybridized carbons (Fsp3) is 0.485. The zero-order valence-electron chi connectivity index (χ0n) is 27.8. The Hall–Kier alpha value is -4.54. The van der Waals surface area contributed by atoms with Gasteiger partial charge in [0, 0.05) is 13.0 Å². The minimum atomic E-state index is -3.84. The van der Waals surface area contributed by atoms with Gasteiger partial charge in [0.05, 0.1) is 18.7 Å². The monoisotopic (exact) mass is 702 g/mol. The summed E-state index contributed by atoms with van der Waals surface area (Å²) in [4.78, 5) is 66.3. The topological polar surface area (TPSA) is 198 Å². The Bertz CT molecular complexity index is 1650. The van der Waals surface area contributed by atoms with Gasteiger partial charge in [0.15, 0.2) is 0 Å². The normalized spacial score (nSPS) is 19.6. The molecule has 2 saturated heterocycles. The highest BCUT2D eigenvalue weighted by Crippen LogP contribution is 2.27. The van der Waals surface area contributed by atoms with E-state index in [0.29, 0.717) is 12.2 Å². The maximum absolute atomic E-state index is 13.8. The number of hydrogen-bond donors (Lipinski definition) is 3. The van der Waals surface area contributed by atoms with Crippen LogP contribution in [0.2, 0.25) is 0 Å². The van der Waals surface area contributed by atoms with Gasteiger partial charge in [-0.3, -0.25) is 24.2 Å². The molecule has 4 atom stereocenters. The quantitative estimate of drug-likeness (QED) is 0.272. The lowest BCUT2D eigenvalue weighted by atomic mass is 10.0. The molecule has 2 heterocycles. The number of sulfonamides is 1. The van der Waals surface area contributed by atoms with Crippen molar-refractivity contribution < 1.29 is 51.7 Å². The van der Waals surface area contributed by atoms with Gasteiger partial charge in [-0.25, -0.2) is 22.9 Å². The van der Waals surface area contributed by atoms with Gasteiger partial charge in [-0.1, -0.05) is 30.3 Å². The number of fused-ring (bicyclic) bond motifs is 1. The molecule has 4 rings (SSSR count). The number of hydrazine groups is 1. The number of benzene rings is 2. The molecule has 15 nitrogen and oxygen atoms in total. The second kappa shape index (κ2) is 15.8. The molecule has 2 aromatic carbocycles. The van der Waals surface area contributed by atoms with Crippen molar-refractivity contribution in [3.8, 4) is 11.5 Å². The molecular formula is C33H42N4O11S. The molecule has 0 bridgehead atoms. The van der Waals surface area contributed by atoms with E-state index in [4.69, 9.17) is 14.2 Å². The van der Waals surface area contributed by atoms with Crippen LogP contribution in [0.25, 0.3) is 0 Å². The van der Waals surface area contributed by atoms with Gasteiger partial charge in [0.25, 0.3) is 5.91 Å². The molecule has 49 heavy (non-hydrogen) atoms. The number of aliphatic hydroxyl groups excluding tert-OH is 1. The number of amides is 3. The van der Waals surface area contributed by atoms with E-state index in [1.165, 1.54) is 6.07 Å². The fourth-order valence-electron chi connectivity index (χ4n) is 5.46. The Morgan fingerprint density at radius 2 is 1.69 bits per heavy atom. The van der Waals surface area contributed by atoms with Crippen molar-refractivity contribution in [2.24, 2.45) is 0 Å². The van der Waals surface area contributed by atoms with Crippen LogP contribution in [0, 0.1) is 0 Å². The standard InChI is InChI=1S/C33H42N4O11S/c1-33(2,3)48-29(40)19-24(26(38)20-46-32(43)22-13-8-9-15-27(22)47-21-11-6-5-7-12-21)34-30(41)25-14-10-18-36-28(39)17-16-23(31(42)37(25)36)35-49(4,44)45/h5-9,11-13,15,23-26,35,38H,10,14,16-20H2,1-4H3,(H,34,41). The Kier molecular flexibility index (Phi) is 12.0. The molecule has 0 aromatic heterocycles. The van der Waals surface area contributed by atoms with Crippen LogP contribution < -0.4 is 14.8 Å². The number of para-hydroxylation sites is 2. The molecule has 0 spiro atoms. The number of rotatable bonds is 12. The van der Waals surface area contributed by atoms with E-state index < -0.39 is 82.5 Å². The Morgan fingerprint density at radius 1 is 1.02 bits per heavy atom. The van der Waals surface area contributed by atoms with Crippen molar-refractivity contribution in [1.29, 1.82) is 0 Å². The van der Waals surface area contributed by atoms with Crippen LogP contribution in [-0.4, -0.2) is 102 Å². The Balaban J connectivity index is 1.52. The first-order valence-corrected chi connectivity index (χ1v) is 17.7. The average molecular weight is 703 g/mol. The van der Waals surface area contributed by atoms with Gasteiger partial charge in [-0.2, -0.15) is 0 Å². The van der Waals surface area contributed by atoms with E-state index in [0.717, 1.165) is 16.3 Å². The molecule has 3 N–H and O–H groups in total. The molecule has 0 aliphatic carbocycles. The van der Waals surface area contributed by atoms with Crippen LogP contribution in [0.3, 0.4) is 0 Å². The van der Waals surface area contributed by atoms with Crippen LogP contribution in [0.5, 0.6) is 11.5 Å². The largest absolute Gasteiger partial charge is 0.460 e. The molecular weight excluding hydrogens is 660 g/mol. The van der Waals surface area contributed by atoms with Crippen molar-refractivity contribution >= 4 is 39.7 Å². The van der Waals surface area contributed by atoms with Gasteiger partial charge in [0.2, 0.25) is 21.8 Å². The van der Waals surface area contributed by atoms with E-state index in [1.807, 2.05) is 6.07 Å².